The molecule has 1 saturated heterocycles. The van der Waals surface area contributed by atoms with Crippen LogP contribution in [-0.4, -0.2) is 67.4 Å². The van der Waals surface area contributed by atoms with Crippen LogP contribution >= 0.6 is 11.8 Å². The van der Waals surface area contributed by atoms with Gasteiger partial charge in [-0.2, -0.15) is 0 Å². The van der Waals surface area contributed by atoms with E-state index in [0.29, 0.717) is 29.4 Å². The average Bonchev–Trinajstić information content (AvgIpc) is 2.85. The summed E-state index contributed by atoms with van der Waals surface area (Å²) in [6.07, 6.45) is 4.51. The highest BCUT2D eigenvalue weighted by molar-refractivity contribution is 8.16. The molecule has 33 heavy (non-hydrogen) atoms. The summed E-state index contributed by atoms with van der Waals surface area (Å²) < 4.78 is 11.3. The number of morpholine rings is 1. The lowest BCUT2D eigenvalue weighted by molar-refractivity contribution is 0.0374. The molecule has 0 unspecified atom stereocenters. The predicted molar refractivity (Wildman–Crippen MR) is 134 cm³/mol. The van der Waals surface area contributed by atoms with Gasteiger partial charge in [-0.15, -0.1) is 0 Å². The molecule has 0 radical (unpaired) electrons. The average molecular weight is 470 g/mol. The number of nitrogens with zero attached hydrogens (tertiary/aromatic N) is 3. The molecular formula is C24H31N5O3S. The number of aromatic nitrogens is 1. The summed E-state index contributed by atoms with van der Waals surface area (Å²) in [7, 11) is 1.72. The van der Waals surface area contributed by atoms with Gasteiger partial charge in [0.25, 0.3) is 5.91 Å². The summed E-state index contributed by atoms with van der Waals surface area (Å²) in [5, 5.41) is 8.82. The van der Waals surface area contributed by atoms with Crippen molar-refractivity contribution in [2.24, 2.45) is 4.99 Å². The molecule has 2 N–H and O–H groups in total. The number of ether oxygens (including phenoxy) is 2. The Morgan fingerprint density at radius 2 is 2.09 bits per heavy atom. The molecule has 1 aromatic carbocycles. The maximum Gasteiger partial charge on any atom is 0.251 e. The van der Waals surface area contributed by atoms with Gasteiger partial charge >= 0.3 is 0 Å². The summed E-state index contributed by atoms with van der Waals surface area (Å²) >= 11 is 1.47. The Labute approximate surface area is 199 Å². The second-order valence-electron chi connectivity index (χ2n) is 7.31. The molecule has 3 rings (SSSR count). The van der Waals surface area contributed by atoms with Crippen molar-refractivity contribution in [3.63, 3.8) is 0 Å². The van der Waals surface area contributed by atoms with Crippen LogP contribution in [0.5, 0.6) is 11.5 Å². The van der Waals surface area contributed by atoms with Crippen molar-refractivity contribution in [2.45, 2.75) is 13.3 Å². The highest BCUT2D eigenvalue weighted by Gasteiger charge is 2.11. The molecule has 1 fully saturated rings. The highest BCUT2D eigenvalue weighted by atomic mass is 32.2. The third-order valence-electron chi connectivity index (χ3n) is 4.86. The zero-order valence-corrected chi connectivity index (χ0v) is 19.9. The first-order valence-electron chi connectivity index (χ1n) is 11.0. The van der Waals surface area contributed by atoms with Crippen LogP contribution in [-0.2, 0) is 4.74 Å². The number of amidine groups is 1. The smallest absolute Gasteiger partial charge is 0.251 e. The normalized spacial score (nSPS) is 14.9. The van der Waals surface area contributed by atoms with Gasteiger partial charge in [0.05, 0.1) is 13.2 Å². The molecule has 1 amide bonds. The Kier molecular flexibility index (Phi) is 10.2. The van der Waals surface area contributed by atoms with Crippen molar-refractivity contribution in [3.05, 3.63) is 59.6 Å². The molecular weight excluding hydrogens is 438 g/mol. The van der Waals surface area contributed by atoms with E-state index < -0.39 is 0 Å². The van der Waals surface area contributed by atoms with Gasteiger partial charge in [-0.25, -0.2) is 4.98 Å². The van der Waals surface area contributed by atoms with E-state index in [2.05, 4.69) is 25.5 Å². The van der Waals surface area contributed by atoms with Crippen LogP contribution in [0.2, 0.25) is 0 Å². The molecule has 1 aliphatic rings. The number of pyridine rings is 1. The first-order valence-corrected chi connectivity index (χ1v) is 11.9. The molecule has 0 bridgehead atoms. The van der Waals surface area contributed by atoms with Crippen LogP contribution in [0.15, 0.2) is 59.1 Å². The van der Waals surface area contributed by atoms with E-state index in [1.165, 1.54) is 11.8 Å². The summed E-state index contributed by atoms with van der Waals surface area (Å²) in [5.41, 5.74) is 0.564. The van der Waals surface area contributed by atoms with Crippen molar-refractivity contribution < 1.29 is 14.3 Å². The van der Waals surface area contributed by atoms with E-state index in [1.807, 2.05) is 30.5 Å². The van der Waals surface area contributed by atoms with Crippen LogP contribution in [0.3, 0.4) is 0 Å². The third-order valence-corrected chi connectivity index (χ3v) is 5.77. The first-order chi connectivity index (χ1) is 16.2. The SMILES string of the molecule is C/C=C/SC(=NC)Nc1cc(Oc2cccc(C(=O)NCCCN3CCOCC3)c2)ccn1. The topological polar surface area (TPSA) is 88.1 Å². The summed E-state index contributed by atoms with van der Waals surface area (Å²) in [6, 6.07) is 10.7. The monoisotopic (exact) mass is 469 g/mol. The molecule has 1 aliphatic heterocycles. The molecule has 0 saturated carbocycles. The van der Waals surface area contributed by atoms with E-state index in [9.17, 15) is 4.79 Å². The van der Waals surface area contributed by atoms with Gasteiger partial charge < -0.3 is 20.1 Å². The second kappa shape index (κ2) is 13.6. The minimum Gasteiger partial charge on any atom is -0.457 e. The Bertz CT molecular complexity index is 961. The summed E-state index contributed by atoms with van der Waals surface area (Å²) in [6.45, 7) is 7.04. The summed E-state index contributed by atoms with van der Waals surface area (Å²) in [4.78, 5) is 23.4. The van der Waals surface area contributed by atoms with Crippen LogP contribution in [0, 0.1) is 0 Å². The maximum absolute atomic E-state index is 12.6. The number of allylic oxidation sites excluding steroid dienone is 1. The number of aliphatic imine (C=N–C) groups is 1. The van der Waals surface area contributed by atoms with E-state index in [1.54, 1.807) is 37.5 Å². The molecule has 0 aliphatic carbocycles. The number of hydrogen-bond acceptors (Lipinski definition) is 7. The molecule has 1 aromatic heterocycles. The van der Waals surface area contributed by atoms with Crippen LogP contribution < -0.4 is 15.4 Å². The van der Waals surface area contributed by atoms with Gasteiger partial charge in [-0.3, -0.25) is 14.7 Å². The van der Waals surface area contributed by atoms with E-state index in [0.717, 1.165) is 44.4 Å². The number of benzene rings is 1. The zero-order valence-electron chi connectivity index (χ0n) is 19.1. The number of hydrogen-bond donors (Lipinski definition) is 2. The van der Waals surface area contributed by atoms with Crippen molar-refractivity contribution in [3.8, 4) is 11.5 Å². The minimum absolute atomic E-state index is 0.107. The van der Waals surface area contributed by atoms with Gasteiger partial charge in [0.15, 0.2) is 5.17 Å². The zero-order chi connectivity index (χ0) is 23.3. The predicted octanol–water partition coefficient (Wildman–Crippen LogP) is 3.99. The van der Waals surface area contributed by atoms with E-state index >= 15 is 0 Å². The molecule has 2 heterocycles. The summed E-state index contributed by atoms with van der Waals surface area (Å²) in [5.74, 6) is 1.71. The quantitative estimate of drug-likeness (QED) is 0.326. The molecule has 0 atom stereocenters. The van der Waals surface area contributed by atoms with Gasteiger partial charge in [0.1, 0.15) is 17.3 Å². The number of rotatable bonds is 9. The number of carbonyl (C=O) groups is 1. The molecule has 176 valence electrons. The highest BCUT2D eigenvalue weighted by Crippen LogP contribution is 2.24. The number of anilines is 1. The Hall–Kier alpha value is -2.88. The fourth-order valence-electron chi connectivity index (χ4n) is 3.19. The van der Waals surface area contributed by atoms with Crippen molar-refractivity contribution in [2.75, 3.05) is 51.8 Å². The van der Waals surface area contributed by atoms with Crippen LogP contribution in [0.25, 0.3) is 0 Å². The fourth-order valence-corrected chi connectivity index (χ4v) is 3.73. The third kappa shape index (κ3) is 8.53. The molecule has 8 nitrogen and oxygen atoms in total. The van der Waals surface area contributed by atoms with Gasteiger partial charge in [0.2, 0.25) is 0 Å². The van der Waals surface area contributed by atoms with Gasteiger partial charge in [-0.1, -0.05) is 23.9 Å². The van der Waals surface area contributed by atoms with E-state index in [4.69, 9.17) is 9.47 Å². The van der Waals surface area contributed by atoms with Crippen molar-refractivity contribution >= 4 is 28.7 Å². The van der Waals surface area contributed by atoms with Crippen LogP contribution in [0.4, 0.5) is 5.82 Å². The fraction of sp³-hybridized carbons (Fsp3) is 0.375. The van der Waals surface area contributed by atoms with Gasteiger partial charge in [0, 0.05) is 44.5 Å². The van der Waals surface area contributed by atoms with Crippen molar-refractivity contribution in [1.29, 1.82) is 0 Å². The Balaban J connectivity index is 1.52. The van der Waals surface area contributed by atoms with Crippen LogP contribution in [0.1, 0.15) is 23.7 Å². The first kappa shape index (κ1) is 24.8. The number of amides is 1. The van der Waals surface area contributed by atoms with Crippen molar-refractivity contribution in [1.82, 2.24) is 15.2 Å². The standard InChI is InChI=1S/C24H31N5O3S/c1-3-16-33-24(25-2)28-22-18-21(8-10-26-22)32-20-7-4-6-19(17-20)23(30)27-9-5-11-29-12-14-31-15-13-29/h3-4,6-8,10,16-18H,5,9,11-15H2,1-2H3,(H,27,30)(H,25,26,28)/b16-3+. The molecule has 9 heteroatoms. The lowest BCUT2D eigenvalue weighted by Crippen LogP contribution is -2.38. The second-order valence-corrected chi connectivity index (χ2v) is 8.21. The Morgan fingerprint density at radius 3 is 2.88 bits per heavy atom. The minimum atomic E-state index is -0.107. The van der Waals surface area contributed by atoms with E-state index in [-0.39, 0.29) is 5.91 Å². The number of carbonyl (C=O) groups excluding carboxylic acids is 1. The van der Waals surface area contributed by atoms with Gasteiger partial charge in [-0.05, 0) is 49.6 Å². The number of thioether (sulfide) groups is 1. The molecule has 0 spiro atoms. The largest absolute Gasteiger partial charge is 0.457 e. The lowest BCUT2D eigenvalue weighted by Gasteiger charge is -2.26. The molecule has 2 aromatic rings. The number of nitrogens with one attached hydrogen (secondary N) is 2. The Morgan fingerprint density at radius 1 is 1.27 bits per heavy atom. The lowest BCUT2D eigenvalue weighted by atomic mass is 10.2. The maximum atomic E-state index is 12.6.